The summed E-state index contributed by atoms with van der Waals surface area (Å²) >= 11 is 1.85. The Labute approximate surface area is 240 Å². The summed E-state index contributed by atoms with van der Waals surface area (Å²) in [4.78, 5) is 12.5. The summed E-state index contributed by atoms with van der Waals surface area (Å²) in [5.41, 5.74) is 7.86. The van der Waals surface area contributed by atoms with Crippen molar-refractivity contribution in [2.24, 2.45) is 4.99 Å². The molecule has 4 heterocycles. The Morgan fingerprint density at radius 2 is 1.54 bits per heavy atom. The van der Waals surface area contributed by atoms with Gasteiger partial charge in [0.2, 0.25) is 0 Å². The van der Waals surface area contributed by atoms with E-state index in [1.54, 1.807) is 0 Å². The van der Waals surface area contributed by atoms with Crippen molar-refractivity contribution in [1.29, 1.82) is 0 Å². The maximum atomic E-state index is 5.17. The molecular weight excluding hydrogens is 520 g/mol. The Kier molecular flexibility index (Phi) is 4.86. The summed E-state index contributed by atoms with van der Waals surface area (Å²) in [5, 5.41) is 3.78. The molecule has 1 aliphatic carbocycles. The van der Waals surface area contributed by atoms with Crippen LogP contribution in [0.4, 0.5) is 5.69 Å². The topological polar surface area (TPSA) is 33.4 Å². The number of hydrogen-bond acceptors (Lipinski definition) is 4. The van der Waals surface area contributed by atoms with E-state index in [0.717, 1.165) is 28.1 Å². The van der Waals surface area contributed by atoms with Gasteiger partial charge in [-0.1, -0.05) is 72.8 Å². The third-order valence-corrected chi connectivity index (χ3v) is 9.44. The van der Waals surface area contributed by atoms with Crippen molar-refractivity contribution >= 4 is 64.8 Å². The molecule has 7 aromatic rings. The van der Waals surface area contributed by atoms with E-state index in [9.17, 15) is 0 Å². The molecule has 41 heavy (non-hydrogen) atoms. The summed E-state index contributed by atoms with van der Waals surface area (Å²) in [6, 6.07) is 37.2. The number of anilines is 1. The van der Waals surface area contributed by atoms with Crippen LogP contribution in [-0.4, -0.2) is 21.3 Å². The number of thiophene rings is 1. The molecule has 0 radical (unpaired) electrons. The molecule has 4 aromatic carbocycles. The van der Waals surface area contributed by atoms with Crippen LogP contribution in [0.2, 0.25) is 0 Å². The molecule has 0 spiro atoms. The van der Waals surface area contributed by atoms with Gasteiger partial charge in [0.05, 0.1) is 28.3 Å². The molecular formula is C36H24N4S. The Balaban J connectivity index is 1.26. The molecule has 2 aliphatic rings. The van der Waals surface area contributed by atoms with E-state index in [-0.39, 0.29) is 12.2 Å². The molecule has 9 rings (SSSR count). The predicted molar refractivity (Wildman–Crippen MR) is 173 cm³/mol. The van der Waals surface area contributed by atoms with Crippen LogP contribution in [0.15, 0.2) is 139 Å². The summed E-state index contributed by atoms with van der Waals surface area (Å²) in [7, 11) is 0. The van der Waals surface area contributed by atoms with Crippen LogP contribution >= 0.6 is 11.3 Å². The second-order valence-electron chi connectivity index (χ2n) is 10.6. The first-order chi connectivity index (χ1) is 20.3. The SMILES string of the molecule is C1=CC2=NC(c3ccccc3)N(c3cccc(-n4c5cc6sc7ccccc7c6cc5c5ncccc54)c3)C2C=C1. The average molecular weight is 545 g/mol. The summed E-state index contributed by atoms with van der Waals surface area (Å²) in [5.74, 6) is 0. The van der Waals surface area contributed by atoms with Gasteiger partial charge >= 0.3 is 0 Å². The Hall–Kier alpha value is -5.00. The van der Waals surface area contributed by atoms with Crippen LogP contribution in [0.25, 0.3) is 47.8 Å². The van der Waals surface area contributed by atoms with Crippen LogP contribution < -0.4 is 4.90 Å². The van der Waals surface area contributed by atoms with Gasteiger partial charge in [-0.15, -0.1) is 11.3 Å². The zero-order valence-electron chi connectivity index (χ0n) is 22.1. The molecule has 4 nitrogen and oxygen atoms in total. The molecule has 0 N–H and O–H groups in total. The van der Waals surface area contributed by atoms with E-state index in [1.165, 1.54) is 36.6 Å². The van der Waals surface area contributed by atoms with Crippen LogP contribution in [0.1, 0.15) is 11.7 Å². The third-order valence-electron chi connectivity index (χ3n) is 8.31. The molecule has 3 aromatic heterocycles. The van der Waals surface area contributed by atoms with Gasteiger partial charge in [0.1, 0.15) is 6.17 Å². The quantitative estimate of drug-likeness (QED) is 0.222. The first kappa shape index (κ1) is 22.8. The molecule has 0 saturated heterocycles. The summed E-state index contributed by atoms with van der Waals surface area (Å²) in [6.07, 6.45) is 10.4. The number of hydrogen-bond donors (Lipinski definition) is 0. The number of aliphatic imine (C=N–C) groups is 1. The monoisotopic (exact) mass is 544 g/mol. The van der Waals surface area contributed by atoms with Crippen LogP contribution in [-0.2, 0) is 0 Å². The number of allylic oxidation sites excluding steroid dienone is 2. The summed E-state index contributed by atoms with van der Waals surface area (Å²) in [6.45, 7) is 0. The first-order valence-corrected chi connectivity index (χ1v) is 14.7. The maximum Gasteiger partial charge on any atom is 0.148 e. The predicted octanol–water partition coefficient (Wildman–Crippen LogP) is 9.00. The smallest absolute Gasteiger partial charge is 0.148 e. The molecule has 1 aliphatic heterocycles. The largest absolute Gasteiger partial charge is 0.334 e. The molecule has 0 saturated carbocycles. The fourth-order valence-corrected chi connectivity index (χ4v) is 7.63. The van der Waals surface area contributed by atoms with E-state index in [1.807, 2.05) is 23.6 Å². The van der Waals surface area contributed by atoms with Crippen molar-refractivity contribution in [3.8, 4) is 5.69 Å². The zero-order chi connectivity index (χ0) is 26.9. The molecule has 0 fully saturated rings. The van der Waals surface area contributed by atoms with Crippen molar-refractivity contribution < 1.29 is 0 Å². The Morgan fingerprint density at radius 3 is 2.49 bits per heavy atom. The zero-order valence-corrected chi connectivity index (χ0v) is 22.9. The minimum absolute atomic E-state index is 0.0863. The highest BCUT2D eigenvalue weighted by Crippen LogP contribution is 2.42. The van der Waals surface area contributed by atoms with Crippen LogP contribution in [0.3, 0.4) is 0 Å². The van der Waals surface area contributed by atoms with Crippen molar-refractivity contribution in [2.45, 2.75) is 12.2 Å². The highest BCUT2D eigenvalue weighted by atomic mass is 32.1. The van der Waals surface area contributed by atoms with Gasteiger partial charge in [0, 0.05) is 43.1 Å². The second-order valence-corrected chi connectivity index (χ2v) is 11.7. The number of rotatable bonds is 3. The fourth-order valence-electron chi connectivity index (χ4n) is 6.51. The maximum absolute atomic E-state index is 5.17. The molecule has 0 amide bonds. The highest BCUT2D eigenvalue weighted by Gasteiger charge is 2.35. The van der Waals surface area contributed by atoms with Crippen molar-refractivity contribution in [3.63, 3.8) is 0 Å². The number of pyridine rings is 1. The lowest BCUT2D eigenvalue weighted by molar-refractivity contribution is 0.696. The fraction of sp³-hybridized carbons (Fsp3) is 0.0556. The van der Waals surface area contributed by atoms with Gasteiger partial charge in [-0.25, -0.2) is 0 Å². The molecule has 2 unspecified atom stereocenters. The van der Waals surface area contributed by atoms with Gasteiger partial charge in [0.25, 0.3) is 0 Å². The third kappa shape index (κ3) is 3.39. The lowest BCUT2D eigenvalue weighted by Gasteiger charge is -2.31. The van der Waals surface area contributed by atoms with E-state index in [2.05, 4.69) is 131 Å². The van der Waals surface area contributed by atoms with E-state index in [4.69, 9.17) is 9.98 Å². The van der Waals surface area contributed by atoms with Gasteiger partial charge in [-0.3, -0.25) is 9.98 Å². The van der Waals surface area contributed by atoms with Gasteiger partial charge in [-0.05, 0) is 60.2 Å². The minimum Gasteiger partial charge on any atom is -0.334 e. The first-order valence-electron chi connectivity index (χ1n) is 13.9. The molecule has 194 valence electrons. The number of nitrogens with zero attached hydrogens (tertiary/aromatic N) is 4. The molecule has 5 heteroatoms. The van der Waals surface area contributed by atoms with Crippen molar-refractivity contribution in [2.75, 3.05) is 4.90 Å². The Bertz CT molecular complexity index is 2230. The minimum atomic E-state index is -0.0863. The van der Waals surface area contributed by atoms with Crippen LogP contribution in [0, 0.1) is 0 Å². The second kappa shape index (κ2) is 8.75. The number of benzene rings is 4. The summed E-state index contributed by atoms with van der Waals surface area (Å²) < 4.78 is 4.98. The lowest BCUT2D eigenvalue weighted by atomic mass is 10.0. The van der Waals surface area contributed by atoms with Crippen molar-refractivity contribution in [1.82, 2.24) is 9.55 Å². The normalized spacial score (nSPS) is 18.1. The van der Waals surface area contributed by atoms with E-state index >= 15 is 0 Å². The number of aromatic nitrogens is 2. The lowest BCUT2D eigenvalue weighted by Crippen LogP contribution is -2.35. The van der Waals surface area contributed by atoms with Gasteiger partial charge < -0.3 is 9.47 Å². The van der Waals surface area contributed by atoms with E-state index < -0.39 is 0 Å². The molecule has 2 atom stereocenters. The van der Waals surface area contributed by atoms with Gasteiger partial charge in [0.15, 0.2) is 0 Å². The standard InChI is InChI=1S/C36H24N4S/c1-2-10-23(11-3-1)36-38-29-15-5-6-16-30(29)40(36)25-13-8-12-24(20-25)39-31-17-9-19-37-35(31)28-21-27-26-14-4-7-18-33(26)41-34(27)22-32(28)39/h1-22,30,36H. The highest BCUT2D eigenvalue weighted by molar-refractivity contribution is 7.25. The van der Waals surface area contributed by atoms with Gasteiger partial charge in [-0.2, -0.15) is 0 Å². The van der Waals surface area contributed by atoms with E-state index in [0.29, 0.717) is 0 Å². The number of fused-ring (bicyclic) bond motifs is 7. The average Bonchev–Trinajstić information content (AvgIpc) is 3.70. The van der Waals surface area contributed by atoms with Crippen LogP contribution in [0.5, 0.6) is 0 Å². The Morgan fingerprint density at radius 1 is 0.659 bits per heavy atom. The van der Waals surface area contributed by atoms with Crippen molar-refractivity contribution in [3.05, 3.63) is 139 Å². The molecule has 0 bridgehead atoms.